The van der Waals surface area contributed by atoms with Gasteiger partial charge in [-0.1, -0.05) is 30.3 Å². The number of aliphatic hydroxyl groups excluding tert-OH is 1. The van der Waals surface area contributed by atoms with Gasteiger partial charge in [0.2, 0.25) is 0 Å². The molecule has 0 amide bonds. The Morgan fingerprint density at radius 1 is 1.24 bits per heavy atom. The van der Waals surface area contributed by atoms with Gasteiger partial charge in [-0.3, -0.25) is 0 Å². The monoisotopic (exact) mass is 290 g/mol. The van der Waals surface area contributed by atoms with E-state index in [0.29, 0.717) is 19.0 Å². The SMILES string of the molecule is CN(CC(O)COCc1ccccc1)c1ccc(F)cn1. The second-order valence-electron chi connectivity index (χ2n) is 4.87. The Balaban J connectivity index is 1.73. The van der Waals surface area contributed by atoms with Crippen LogP contribution in [0.4, 0.5) is 10.2 Å². The first-order valence-corrected chi connectivity index (χ1v) is 6.77. The van der Waals surface area contributed by atoms with Crippen LogP contribution in [0.15, 0.2) is 48.7 Å². The van der Waals surface area contributed by atoms with Crippen LogP contribution in [0.3, 0.4) is 0 Å². The van der Waals surface area contributed by atoms with Crippen LogP contribution in [-0.2, 0) is 11.3 Å². The van der Waals surface area contributed by atoms with Gasteiger partial charge in [0, 0.05) is 13.6 Å². The molecule has 0 aliphatic carbocycles. The quantitative estimate of drug-likeness (QED) is 0.849. The lowest BCUT2D eigenvalue weighted by molar-refractivity contribution is 0.0324. The van der Waals surface area contributed by atoms with E-state index in [9.17, 15) is 9.50 Å². The average molecular weight is 290 g/mol. The number of aliphatic hydroxyl groups is 1. The van der Waals surface area contributed by atoms with Crippen molar-refractivity contribution in [3.05, 3.63) is 60.0 Å². The third-order valence-corrected chi connectivity index (χ3v) is 3.01. The molecular weight excluding hydrogens is 271 g/mol. The summed E-state index contributed by atoms with van der Waals surface area (Å²) in [6, 6.07) is 12.7. The molecule has 1 aromatic carbocycles. The van der Waals surface area contributed by atoms with Crippen molar-refractivity contribution in [2.45, 2.75) is 12.7 Å². The van der Waals surface area contributed by atoms with Crippen LogP contribution in [-0.4, -0.2) is 36.4 Å². The fourth-order valence-electron chi connectivity index (χ4n) is 1.94. The number of likely N-dealkylation sites (N-methyl/N-ethyl adjacent to an activating group) is 1. The molecule has 0 saturated heterocycles. The molecular formula is C16H19FN2O2. The van der Waals surface area contributed by atoms with Crippen LogP contribution in [0.1, 0.15) is 5.56 Å². The normalized spacial score (nSPS) is 12.1. The zero-order valence-electron chi connectivity index (χ0n) is 11.9. The van der Waals surface area contributed by atoms with Crippen molar-refractivity contribution in [3.63, 3.8) is 0 Å². The number of rotatable bonds is 7. The number of anilines is 1. The lowest BCUT2D eigenvalue weighted by Crippen LogP contribution is -2.32. The molecule has 1 atom stereocenters. The molecule has 5 heteroatoms. The third kappa shape index (κ3) is 5.13. The highest BCUT2D eigenvalue weighted by Gasteiger charge is 2.10. The van der Waals surface area contributed by atoms with Gasteiger partial charge in [0.15, 0.2) is 0 Å². The Morgan fingerprint density at radius 3 is 2.67 bits per heavy atom. The Morgan fingerprint density at radius 2 is 2.00 bits per heavy atom. The minimum Gasteiger partial charge on any atom is -0.389 e. The standard InChI is InChI=1S/C16H19FN2O2/c1-19(16-8-7-14(17)9-18-16)10-15(20)12-21-11-13-5-3-2-4-6-13/h2-9,15,20H,10-12H2,1H3. The van der Waals surface area contributed by atoms with Crippen LogP contribution in [0.5, 0.6) is 0 Å². The molecule has 0 radical (unpaired) electrons. The fourth-order valence-corrected chi connectivity index (χ4v) is 1.94. The molecule has 112 valence electrons. The van der Waals surface area contributed by atoms with Gasteiger partial charge in [-0.05, 0) is 17.7 Å². The molecule has 2 aromatic rings. The van der Waals surface area contributed by atoms with Crippen molar-refractivity contribution < 1.29 is 14.2 Å². The number of halogens is 1. The molecule has 21 heavy (non-hydrogen) atoms. The highest BCUT2D eigenvalue weighted by atomic mass is 19.1. The van der Waals surface area contributed by atoms with E-state index < -0.39 is 6.10 Å². The molecule has 0 aliphatic rings. The van der Waals surface area contributed by atoms with E-state index in [0.717, 1.165) is 11.8 Å². The van der Waals surface area contributed by atoms with Gasteiger partial charge in [0.05, 0.1) is 25.5 Å². The maximum atomic E-state index is 12.8. The first kappa shape index (κ1) is 15.4. The van der Waals surface area contributed by atoms with Crippen LogP contribution in [0.25, 0.3) is 0 Å². The summed E-state index contributed by atoms with van der Waals surface area (Å²) in [5.74, 6) is 0.234. The lowest BCUT2D eigenvalue weighted by Gasteiger charge is -2.21. The minimum absolute atomic E-state index is 0.237. The summed E-state index contributed by atoms with van der Waals surface area (Å²) in [6.45, 7) is 1.07. The number of pyridine rings is 1. The van der Waals surface area contributed by atoms with E-state index in [1.807, 2.05) is 30.3 Å². The van der Waals surface area contributed by atoms with Crippen molar-refractivity contribution in [1.82, 2.24) is 4.98 Å². The van der Waals surface area contributed by atoms with Crippen molar-refractivity contribution >= 4 is 5.82 Å². The summed E-state index contributed by atoms with van der Waals surface area (Å²) in [7, 11) is 1.79. The zero-order valence-corrected chi connectivity index (χ0v) is 11.9. The largest absolute Gasteiger partial charge is 0.389 e. The average Bonchev–Trinajstić information content (AvgIpc) is 2.49. The van der Waals surface area contributed by atoms with Gasteiger partial charge < -0.3 is 14.7 Å². The first-order valence-electron chi connectivity index (χ1n) is 6.77. The highest BCUT2D eigenvalue weighted by molar-refractivity contribution is 5.36. The Labute approximate surface area is 123 Å². The van der Waals surface area contributed by atoms with Crippen molar-refractivity contribution in [3.8, 4) is 0 Å². The predicted molar refractivity (Wildman–Crippen MR) is 79.6 cm³/mol. The molecule has 1 aromatic heterocycles. The lowest BCUT2D eigenvalue weighted by atomic mass is 10.2. The van der Waals surface area contributed by atoms with Crippen LogP contribution in [0.2, 0.25) is 0 Å². The number of aromatic nitrogens is 1. The molecule has 1 heterocycles. The van der Waals surface area contributed by atoms with Gasteiger partial charge in [-0.2, -0.15) is 0 Å². The maximum absolute atomic E-state index is 12.8. The molecule has 1 N–H and O–H groups in total. The van der Waals surface area contributed by atoms with Crippen LogP contribution >= 0.6 is 0 Å². The third-order valence-electron chi connectivity index (χ3n) is 3.01. The van der Waals surface area contributed by atoms with Gasteiger partial charge in [0.25, 0.3) is 0 Å². The smallest absolute Gasteiger partial charge is 0.141 e. The van der Waals surface area contributed by atoms with Gasteiger partial charge in [0.1, 0.15) is 11.6 Å². The second-order valence-corrected chi connectivity index (χ2v) is 4.87. The molecule has 0 fully saturated rings. The van der Waals surface area contributed by atoms with Crippen LogP contribution in [0, 0.1) is 5.82 Å². The summed E-state index contributed by atoms with van der Waals surface area (Å²) in [5, 5.41) is 9.94. The molecule has 0 saturated carbocycles. The first-order chi connectivity index (χ1) is 10.1. The maximum Gasteiger partial charge on any atom is 0.141 e. The summed E-state index contributed by atoms with van der Waals surface area (Å²) in [4.78, 5) is 5.72. The van der Waals surface area contributed by atoms with E-state index in [4.69, 9.17) is 4.74 Å². The van der Waals surface area contributed by atoms with Crippen LogP contribution < -0.4 is 4.90 Å². The number of ether oxygens (including phenoxy) is 1. The van der Waals surface area contributed by atoms with E-state index in [1.54, 1.807) is 18.0 Å². The summed E-state index contributed by atoms with van der Waals surface area (Å²) >= 11 is 0. The highest BCUT2D eigenvalue weighted by Crippen LogP contribution is 2.09. The van der Waals surface area contributed by atoms with Gasteiger partial charge in [-0.15, -0.1) is 0 Å². The van der Waals surface area contributed by atoms with Gasteiger partial charge >= 0.3 is 0 Å². The fraction of sp³-hybridized carbons (Fsp3) is 0.312. The molecule has 1 unspecified atom stereocenters. The molecule has 0 aliphatic heterocycles. The number of benzene rings is 1. The summed E-state index contributed by atoms with van der Waals surface area (Å²) in [5.41, 5.74) is 1.07. The van der Waals surface area contributed by atoms with E-state index in [2.05, 4.69) is 4.98 Å². The Bertz CT molecular complexity index is 534. The summed E-state index contributed by atoms with van der Waals surface area (Å²) in [6.07, 6.45) is 0.523. The Hall–Kier alpha value is -1.98. The molecule has 0 bridgehead atoms. The zero-order chi connectivity index (χ0) is 15.1. The van der Waals surface area contributed by atoms with Crippen molar-refractivity contribution in [2.24, 2.45) is 0 Å². The van der Waals surface area contributed by atoms with Gasteiger partial charge in [-0.25, -0.2) is 9.37 Å². The minimum atomic E-state index is -0.634. The number of hydrogen-bond acceptors (Lipinski definition) is 4. The molecule has 2 rings (SSSR count). The second kappa shape index (κ2) is 7.71. The van der Waals surface area contributed by atoms with Crippen molar-refractivity contribution in [2.75, 3.05) is 25.1 Å². The molecule has 4 nitrogen and oxygen atoms in total. The van der Waals surface area contributed by atoms with Crippen molar-refractivity contribution in [1.29, 1.82) is 0 Å². The predicted octanol–water partition coefficient (Wildman–Crippen LogP) is 2.23. The topological polar surface area (TPSA) is 45.6 Å². The van der Waals surface area contributed by atoms with E-state index in [1.165, 1.54) is 6.07 Å². The number of nitrogens with zero attached hydrogens (tertiary/aromatic N) is 2. The molecule has 0 spiro atoms. The Kier molecular flexibility index (Phi) is 5.66. The van der Waals surface area contributed by atoms with E-state index >= 15 is 0 Å². The van der Waals surface area contributed by atoms with E-state index in [-0.39, 0.29) is 12.4 Å². The number of hydrogen-bond donors (Lipinski definition) is 1. The summed E-state index contributed by atoms with van der Waals surface area (Å²) < 4.78 is 18.3.